The van der Waals surface area contributed by atoms with Crippen LogP contribution in [0, 0.1) is 5.92 Å². The number of hydrogen-bond donors (Lipinski definition) is 2. The summed E-state index contributed by atoms with van der Waals surface area (Å²) < 4.78 is 10.6. The molecule has 2 aromatic rings. The topological polar surface area (TPSA) is 109 Å². The van der Waals surface area contributed by atoms with E-state index in [1.54, 1.807) is 6.20 Å². The minimum atomic E-state index is -0.495. The third kappa shape index (κ3) is 4.71. The molecule has 1 aliphatic rings. The molecule has 1 saturated heterocycles. The molecule has 3 heterocycles. The molecule has 0 atom stereocenters. The highest BCUT2D eigenvalue weighted by Gasteiger charge is 2.23. The molecule has 0 saturated carbocycles. The molecule has 152 valence electrons. The SMILES string of the molecule is COc1nc(N2CCC(CNC(=O)OC(C)(C)C)CC2)cc2cn[nH]c(=O)c12. The van der Waals surface area contributed by atoms with Crippen LogP contribution in [-0.4, -0.2) is 53.6 Å². The molecular weight excluding hydrogens is 362 g/mol. The zero-order valence-corrected chi connectivity index (χ0v) is 16.7. The third-order valence-electron chi connectivity index (χ3n) is 4.67. The van der Waals surface area contributed by atoms with Gasteiger partial charge in [0.15, 0.2) is 0 Å². The standard InChI is InChI=1S/C19H27N5O4/c1-19(2,3)28-18(26)20-10-12-5-7-24(8-6-12)14-9-13-11-21-23-16(25)15(13)17(22-14)27-4/h9,11-12H,5-8,10H2,1-4H3,(H,20,26)(H,23,25). The average molecular weight is 389 g/mol. The third-order valence-corrected chi connectivity index (χ3v) is 4.67. The van der Waals surface area contributed by atoms with Gasteiger partial charge in [0, 0.05) is 25.0 Å². The largest absolute Gasteiger partial charge is 0.480 e. The summed E-state index contributed by atoms with van der Waals surface area (Å²) in [6.45, 7) is 7.74. The number of methoxy groups -OCH3 is 1. The van der Waals surface area contributed by atoms with Gasteiger partial charge in [-0.05, 0) is 45.6 Å². The molecular formula is C19H27N5O4. The maximum Gasteiger partial charge on any atom is 0.407 e. The molecule has 1 amide bonds. The smallest absolute Gasteiger partial charge is 0.407 e. The van der Waals surface area contributed by atoms with Crippen LogP contribution in [-0.2, 0) is 4.74 Å². The van der Waals surface area contributed by atoms with Crippen molar-refractivity contribution in [3.8, 4) is 5.88 Å². The Balaban J connectivity index is 1.62. The Kier molecular flexibility index (Phi) is 5.71. The van der Waals surface area contributed by atoms with Crippen molar-refractivity contribution in [2.24, 2.45) is 5.92 Å². The van der Waals surface area contributed by atoms with E-state index in [0.29, 0.717) is 29.1 Å². The summed E-state index contributed by atoms with van der Waals surface area (Å²) in [4.78, 5) is 30.5. The fourth-order valence-electron chi connectivity index (χ4n) is 3.29. The van der Waals surface area contributed by atoms with E-state index in [9.17, 15) is 9.59 Å². The molecule has 0 bridgehead atoms. The zero-order valence-electron chi connectivity index (χ0n) is 16.7. The number of nitrogens with one attached hydrogen (secondary N) is 2. The molecule has 0 radical (unpaired) electrons. The van der Waals surface area contributed by atoms with Crippen LogP contribution in [0.1, 0.15) is 33.6 Å². The van der Waals surface area contributed by atoms with Crippen molar-refractivity contribution in [1.82, 2.24) is 20.5 Å². The lowest BCUT2D eigenvalue weighted by Gasteiger charge is -2.33. The number of ether oxygens (including phenoxy) is 2. The lowest BCUT2D eigenvalue weighted by molar-refractivity contribution is 0.0517. The van der Waals surface area contributed by atoms with Gasteiger partial charge in [-0.3, -0.25) is 4.79 Å². The monoisotopic (exact) mass is 389 g/mol. The van der Waals surface area contributed by atoms with Crippen LogP contribution in [0.2, 0.25) is 0 Å². The van der Waals surface area contributed by atoms with Gasteiger partial charge in [-0.1, -0.05) is 0 Å². The van der Waals surface area contributed by atoms with E-state index in [-0.39, 0.29) is 11.7 Å². The highest BCUT2D eigenvalue weighted by Crippen LogP contribution is 2.28. The Hall–Kier alpha value is -2.84. The van der Waals surface area contributed by atoms with Gasteiger partial charge in [-0.25, -0.2) is 9.89 Å². The first-order valence-corrected chi connectivity index (χ1v) is 9.41. The van der Waals surface area contributed by atoms with Crippen molar-refractivity contribution in [3.63, 3.8) is 0 Å². The fourth-order valence-corrected chi connectivity index (χ4v) is 3.29. The molecule has 0 aliphatic carbocycles. The maximum atomic E-state index is 12.0. The number of pyridine rings is 1. The van der Waals surface area contributed by atoms with Crippen LogP contribution in [0.25, 0.3) is 10.8 Å². The average Bonchev–Trinajstić information content (AvgIpc) is 2.64. The van der Waals surface area contributed by atoms with Crippen molar-refractivity contribution in [2.75, 3.05) is 31.6 Å². The lowest BCUT2D eigenvalue weighted by Crippen LogP contribution is -2.40. The first-order valence-electron chi connectivity index (χ1n) is 9.41. The molecule has 0 unspecified atom stereocenters. The molecule has 9 nitrogen and oxygen atoms in total. The normalized spacial score (nSPS) is 15.5. The molecule has 0 spiro atoms. The highest BCUT2D eigenvalue weighted by molar-refractivity contribution is 5.87. The number of fused-ring (bicyclic) bond motifs is 1. The number of hydrogen-bond acceptors (Lipinski definition) is 7. The summed E-state index contributed by atoms with van der Waals surface area (Å²) in [5.41, 5.74) is -0.814. The van der Waals surface area contributed by atoms with Crippen LogP contribution >= 0.6 is 0 Å². The van der Waals surface area contributed by atoms with Crippen LogP contribution in [0.4, 0.5) is 10.6 Å². The second-order valence-corrected chi connectivity index (χ2v) is 7.97. The fraction of sp³-hybridized carbons (Fsp3) is 0.579. The van der Waals surface area contributed by atoms with Crippen LogP contribution < -0.4 is 20.5 Å². The van der Waals surface area contributed by atoms with E-state index < -0.39 is 5.60 Å². The summed E-state index contributed by atoms with van der Waals surface area (Å²) >= 11 is 0. The van der Waals surface area contributed by atoms with Crippen LogP contribution in [0.15, 0.2) is 17.1 Å². The number of amides is 1. The summed E-state index contributed by atoms with van der Waals surface area (Å²) in [7, 11) is 1.50. The molecule has 2 N–H and O–H groups in total. The second kappa shape index (κ2) is 8.04. The molecule has 2 aromatic heterocycles. The van der Waals surface area contributed by atoms with E-state index >= 15 is 0 Å². The number of carbonyl (C=O) groups is 1. The second-order valence-electron chi connectivity index (χ2n) is 7.97. The van der Waals surface area contributed by atoms with Crippen LogP contribution in [0.5, 0.6) is 5.88 Å². The molecule has 1 aliphatic heterocycles. The lowest BCUT2D eigenvalue weighted by atomic mass is 9.97. The quantitative estimate of drug-likeness (QED) is 0.824. The van der Waals surface area contributed by atoms with E-state index in [4.69, 9.17) is 9.47 Å². The first-order chi connectivity index (χ1) is 13.3. The van der Waals surface area contributed by atoms with Crippen molar-refractivity contribution in [2.45, 2.75) is 39.2 Å². The van der Waals surface area contributed by atoms with Gasteiger partial charge < -0.3 is 19.7 Å². The highest BCUT2D eigenvalue weighted by atomic mass is 16.6. The summed E-state index contributed by atoms with van der Waals surface area (Å²) in [6, 6.07) is 1.86. The van der Waals surface area contributed by atoms with Gasteiger partial charge in [0.05, 0.1) is 13.3 Å². The molecule has 1 fully saturated rings. The molecule has 0 aromatic carbocycles. The van der Waals surface area contributed by atoms with Gasteiger partial charge in [-0.2, -0.15) is 10.1 Å². The maximum absolute atomic E-state index is 12.0. The number of H-pyrrole nitrogens is 1. The zero-order chi connectivity index (χ0) is 20.3. The van der Waals surface area contributed by atoms with Gasteiger partial charge >= 0.3 is 6.09 Å². The number of anilines is 1. The predicted molar refractivity (Wildman–Crippen MR) is 106 cm³/mol. The number of alkyl carbamates (subject to hydrolysis) is 1. The van der Waals surface area contributed by atoms with Crippen LogP contribution in [0.3, 0.4) is 0 Å². The minimum Gasteiger partial charge on any atom is -0.480 e. The summed E-state index contributed by atoms with van der Waals surface area (Å²) in [5.74, 6) is 1.44. The number of carbonyl (C=O) groups excluding carboxylic acids is 1. The Morgan fingerprint density at radius 1 is 1.36 bits per heavy atom. The van der Waals surface area contributed by atoms with Gasteiger partial charge in [0.25, 0.3) is 5.56 Å². The predicted octanol–water partition coefficient (Wildman–Crippen LogP) is 2.07. The van der Waals surface area contributed by atoms with Crippen molar-refractivity contribution >= 4 is 22.7 Å². The number of aromatic amines is 1. The first kappa shape index (κ1) is 19.9. The molecule has 9 heteroatoms. The van der Waals surface area contributed by atoms with Gasteiger partial charge in [-0.15, -0.1) is 0 Å². The Morgan fingerprint density at radius 2 is 2.07 bits per heavy atom. The Bertz CT molecular complexity index is 897. The number of aromatic nitrogens is 3. The van der Waals surface area contributed by atoms with E-state index in [2.05, 4.69) is 25.4 Å². The van der Waals surface area contributed by atoms with Gasteiger partial charge in [0.1, 0.15) is 16.8 Å². The van der Waals surface area contributed by atoms with E-state index in [1.807, 2.05) is 26.8 Å². The number of nitrogens with zero attached hydrogens (tertiary/aromatic N) is 3. The number of piperidine rings is 1. The van der Waals surface area contributed by atoms with Crippen molar-refractivity contribution < 1.29 is 14.3 Å². The van der Waals surface area contributed by atoms with Crippen molar-refractivity contribution in [1.29, 1.82) is 0 Å². The van der Waals surface area contributed by atoms with E-state index in [0.717, 1.165) is 31.7 Å². The summed E-state index contributed by atoms with van der Waals surface area (Å²) in [5, 5.41) is 10.2. The van der Waals surface area contributed by atoms with Gasteiger partial charge in [0.2, 0.25) is 5.88 Å². The number of rotatable bonds is 4. The molecule has 28 heavy (non-hydrogen) atoms. The minimum absolute atomic E-state index is 0.296. The van der Waals surface area contributed by atoms with E-state index in [1.165, 1.54) is 7.11 Å². The molecule has 3 rings (SSSR count). The Morgan fingerprint density at radius 3 is 2.71 bits per heavy atom. The van der Waals surface area contributed by atoms with Crippen molar-refractivity contribution in [3.05, 3.63) is 22.6 Å². The summed E-state index contributed by atoms with van der Waals surface area (Å²) in [6.07, 6.45) is 3.06. The Labute approximate surface area is 163 Å².